The van der Waals surface area contributed by atoms with Gasteiger partial charge in [0.25, 0.3) is 0 Å². The largest absolute Gasteiger partial charge is 0.347 e. The summed E-state index contributed by atoms with van der Waals surface area (Å²) in [6.07, 6.45) is 10.7. The molecule has 3 atom stereocenters. The first-order valence-corrected chi connectivity index (χ1v) is 10.3. The summed E-state index contributed by atoms with van der Waals surface area (Å²) in [7, 11) is 0. The fraction of sp³-hybridized carbons (Fsp3) is 0.773. The maximum atomic E-state index is 12.4. The molecule has 0 N–H and O–H groups in total. The molecule has 1 saturated heterocycles. The molecule has 3 nitrogen and oxygen atoms in total. The maximum Gasteiger partial charge on any atom is 0.172 e. The number of carbonyl (C=O) groups is 1. The van der Waals surface area contributed by atoms with Crippen molar-refractivity contribution in [2.45, 2.75) is 77.9 Å². The predicted octanol–water partition coefficient (Wildman–Crippen LogP) is 4.96. The summed E-state index contributed by atoms with van der Waals surface area (Å²) >= 11 is 0. The minimum atomic E-state index is -0.307. The minimum absolute atomic E-state index is 0.0696. The molecule has 2 unspecified atom stereocenters. The normalized spacial score (nSPS) is 38.5. The van der Waals surface area contributed by atoms with Crippen LogP contribution in [0.1, 0.15) is 72.1 Å². The fourth-order valence-corrected chi connectivity index (χ4v) is 6.08. The van der Waals surface area contributed by atoms with Crippen LogP contribution in [-0.2, 0) is 14.3 Å². The molecule has 5 rings (SSSR count). The van der Waals surface area contributed by atoms with Crippen LogP contribution in [0.4, 0.5) is 0 Å². The van der Waals surface area contributed by atoms with Crippen molar-refractivity contribution in [2.75, 3.05) is 13.2 Å². The lowest BCUT2D eigenvalue weighted by atomic mass is 9.58. The fourth-order valence-electron chi connectivity index (χ4n) is 6.08. The third-order valence-electron chi connectivity index (χ3n) is 7.35. The molecular weight excluding hydrogens is 312 g/mol. The number of hydrogen-bond acceptors (Lipinski definition) is 3. The van der Waals surface area contributed by atoms with Crippen molar-refractivity contribution in [3.8, 4) is 0 Å². The average molecular weight is 344 g/mol. The highest BCUT2D eigenvalue weighted by atomic mass is 16.7. The molecule has 3 heteroatoms. The molecule has 0 bridgehead atoms. The van der Waals surface area contributed by atoms with Gasteiger partial charge in [-0.1, -0.05) is 32.4 Å². The van der Waals surface area contributed by atoms with Gasteiger partial charge in [0.1, 0.15) is 5.78 Å². The molecule has 4 aliphatic carbocycles. The molecule has 25 heavy (non-hydrogen) atoms. The van der Waals surface area contributed by atoms with Crippen LogP contribution < -0.4 is 0 Å². The van der Waals surface area contributed by atoms with Crippen LogP contribution >= 0.6 is 0 Å². The van der Waals surface area contributed by atoms with Crippen LogP contribution in [-0.4, -0.2) is 24.8 Å². The van der Waals surface area contributed by atoms with Gasteiger partial charge in [-0.25, -0.2) is 0 Å². The first kappa shape index (κ1) is 17.5. The molecule has 1 heterocycles. The second-order valence-corrected chi connectivity index (χ2v) is 8.36. The summed E-state index contributed by atoms with van der Waals surface area (Å²) in [6.45, 7) is 7.72. The van der Waals surface area contributed by atoms with Gasteiger partial charge in [0.15, 0.2) is 5.79 Å². The van der Waals surface area contributed by atoms with Crippen molar-refractivity contribution < 1.29 is 14.3 Å². The Morgan fingerprint density at radius 3 is 2.60 bits per heavy atom. The zero-order chi connectivity index (χ0) is 17.7. The van der Waals surface area contributed by atoms with Crippen LogP contribution in [0.15, 0.2) is 22.8 Å². The highest BCUT2D eigenvalue weighted by Gasteiger charge is 2.53. The van der Waals surface area contributed by atoms with Gasteiger partial charge < -0.3 is 9.47 Å². The first-order chi connectivity index (χ1) is 12.1. The van der Waals surface area contributed by atoms with Crippen molar-refractivity contribution in [1.29, 1.82) is 0 Å². The van der Waals surface area contributed by atoms with E-state index < -0.39 is 0 Å². The molecule has 2 fully saturated rings. The van der Waals surface area contributed by atoms with E-state index in [1.807, 2.05) is 13.8 Å². The quantitative estimate of drug-likeness (QED) is 0.623. The van der Waals surface area contributed by atoms with Crippen LogP contribution in [0.5, 0.6) is 0 Å². The maximum absolute atomic E-state index is 12.4. The SMILES string of the molecule is CC.C[C@]12CC=C3C4=C(CCC3C1CCC2=O)CC1(CC4)OCCO1. The Balaban J connectivity index is 0.000000758. The Morgan fingerprint density at radius 2 is 1.84 bits per heavy atom. The Morgan fingerprint density at radius 1 is 1.08 bits per heavy atom. The van der Waals surface area contributed by atoms with Gasteiger partial charge in [0.05, 0.1) is 13.2 Å². The number of fused-ring (bicyclic) bond motifs is 4. The zero-order valence-electron chi connectivity index (χ0n) is 16.0. The van der Waals surface area contributed by atoms with Crippen molar-refractivity contribution in [3.05, 3.63) is 22.8 Å². The van der Waals surface area contributed by atoms with E-state index in [4.69, 9.17) is 9.47 Å². The average Bonchev–Trinajstić information content (AvgIpc) is 3.21. The van der Waals surface area contributed by atoms with Crippen molar-refractivity contribution in [1.82, 2.24) is 0 Å². The van der Waals surface area contributed by atoms with Crippen LogP contribution in [0, 0.1) is 17.3 Å². The van der Waals surface area contributed by atoms with Gasteiger partial charge in [-0.15, -0.1) is 0 Å². The first-order valence-electron chi connectivity index (χ1n) is 10.3. The van der Waals surface area contributed by atoms with Crippen molar-refractivity contribution in [3.63, 3.8) is 0 Å². The molecule has 0 radical (unpaired) electrons. The smallest absolute Gasteiger partial charge is 0.172 e. The van der Waals surface area contributed by atoms with Crippen LogP contribution in [0.3, 0.4) is 0 Å². The summed E-state index contributed by atoms with van der Waals surface area (Å²) < 4.78 is 11.9. The molecule has 138 valence electrons. The molecular formula is C22H32O3. The molecule has 1 aliphatic heterocycles. The second-order valence-electron chi connectivity index (χ2n) is 8.36. The molecule has 0 aromatic rings. The Kier molecular flexibility index (Phi) is 4.44. The summed E-state index contributed by atoms with van der Waals surface area (Å²) in [5.74, 6) is 1.41. The van der Waals surface area contributed by atoms with E-state index in [9.17, 15) is 4.79 Å². The number of ketones is 1. The number of rotatable bonds is 0. The van der Waals surface area contributed by atoms with Gasteiger partial charge in [0, 0.05) is 24.7 Å². The third kappa shape index (κ3) is 2.57. The van der Waals surface area contributed by atoms with E-state index in [-0.39, 0.29) is 11.2 Å². The molecule has 0 aromatic carbocycles. The van der Waals surface area contributed by atoms with Crippen LogP contribution in [0.2, 0.25) is 0 Å². The highest BCUT2D eigenvalue weighted by Crippen LogP contribution is 2.58. The summed E-state index contributed by atoms with van der Waals surface area (Å²) in [5.41, 5.74) is 4.71. The van der Waals surface area contributed by atoms with E-state index in [2.05, 4.69) is 13.0 Å². The topological polar surface area (TPSA) is 35.5 Å². The van der Waals surface area contributed by atoms with E-state index >= 15 is 0 Å². The van der Waals surface area contributed by atoms with E-state index in [0.717, 1.165) is 51.7 Å². The molecule has 0 amide bonds. The predicted molar refractivity (Wildman–Crippen MR) is 98.1 cm³/mol. The molecule has 1 spiro atoms. The molecule has 1 saturated carbocycles. The lowest BCUT2D eigenvalue weighted by molar-refractivity contribution is -0.164. The highest BCUT2D eigenvalue weighted by molar-refractivity contribution is 5.87. The Labute approximate surface area is 151 Å². The van der Waals surface area contributed by atoms with Gasteiger partial charge in [-0.3, -0.25) is 4.79 Å². The third-order valence-corrected chi connectivity index (χ3v) is 7.35. The van der Waals surface area contributed by atoms with Crippen molar-refractivity contribution >= 4 is 5.78 Å². The second kappa shape index (κ2) is 6.35. The lowest BCUT2D eigenvalue weighted by Gasteiger charge is -2.46. The minimum Gasteiger partial charge on any atom is -0.347 e. The van der Waals surface area contributed by atoms with Gasteiger partial charge in [-0.05, 0) is 55.1 Å². The lowest BCUT2D eigenvalue weighted by Crippen LogP contribution is -2.41. The molecule has 0 aromatic heterocycles. The Hall–Kier alpha value is -0.930. The molecule has 5 aliphatic rings. The van der Waals surface area contributed by atoms with Crippen LogP contribution in [0.25, 0.3) is 0 Å². The summed E-state index contributed by atoms with van der Waals surface area (Å²) in [6, 6.07) is 0. The Bertz CT molecular complexity index is 623. The summed E-state index contributed by atoms with van der Waals surface area (Å²) in [4.78, 5) is 12.4. The summed E-state index contributed by atoms with van der Waals surface area (Å²) in [5, 5.41) is 0. The number of ether oxygens (including phenoxy) is 2. The van der Waals surface area contributed by atoms with E-state index in [1.54, 1.807) is 16.7 Å². The van der Waals surface area contributed by atoms with E-state index in [0.29, 0.717) is 17.6 Å². The number of Topliss-reactive ketones (excluding diaryl/α,β-unsaturated/α-hetero) is 1. The standard InChI is InChI=1S/C20H26O3.C2H6/c1-19-8-6-15-14-7-9-20(22-10-11-23-20)12-13(14)2-3-16(15)17(19)4-5-18(19)21;1-2/h6,16-17H,2-5,7-12H2,1H3;1-2H3/t16?,17?,19-;/m0./s1. The van der Waals surface area contributed by atoms with Gasteiger partial charge in [0.2, 0.25) is 0 Å². The number of carbonyl (C=O) groups excluding carboxylic acids is 1. The van der Waals surface area contributed by atoms with E-state index in [1.165, 1.54) is 12.8 Å². The number of hydrogen-bond donors (Lipinski definition) is 0. The zero-order valence-corrected chi connectivity index (χ0v) is 16.0. The van der Waals surface area contributed by atoms with Gasteiger partial charge >= 0.3 is 0 Å². The van der Waals surface area contributed by atoms with Gasteiger partial charge in [-0.2, -0.15) is 0 Å². The number of allylic oxidation sites excluding steroid dienone is 3. The monoisotopic (exact) mass is 344 g/mol. The van der Waals surface area contributed by atoms with Crippen molar-refractivity contribution in [2.24, 2.45) is 17.3 Å².